The highest BCUT2D eigenvalue weighted by molar-refractivity contribution is 5.83. The van der Waals surface area contributed by atoms with Crippen molar-refractivity contribution in [3.05, 3.63) is 72.8 Å². The van der Waals surface area contributed by atoms with Gasteiger partial charge in [0.15, 0.2) is 0 Å². The highest BCUT2D eigenvalue weighted by Crippen LogP contribution is 2.25. The summed E-state index contributed by atoms with van der Waals surface area (Å²) >= 11 is 0. The van der Waals surface area contributed by atoms with Gasteiger partial charge in [-0.05, 0) is 41.1 Å². The molecule has 17 heavy (non-hydrogen) atoms. The highest BCUT2D eigenvalue weighted by atomic mass is 16.5. The molecule has 3 rings (SSSR count). The van der Waals surface area contributed by atoms with Crippen molar-refractivity contribution in [2.24, 2.45) is 0 Å². The number of fused-ring (bicyclic) bond motifs is 1. The van der Waals surface area contributed by atoms with Gasteiger partial charge in [-0.3, -0.25) is 0 Å². The minimum atomic E-state index is 0.832. The third-order valence-corrected chi connectivity index (χ3v) is 2.64. The van der Waals surface area contributed by atoms with E-state index in [0.717, 1.165) is 11.5 Å². The summed E-state index contributed by atoms with van der Waals surface area (Å²) < 4.78 is 5.77. The van der Waals surface area contributed by atoms with Crippen LogP contribution in [0.25, 0.3) is 10.8 Å². The van der Waals surface area contributed by atoms with Gasteiger partial charge >= 0.3 is 0 Å². The molecule has 3 aromatic carbocycles. The Morgan fingerprint density at radius 3 is 2.29 bits per heavy atom. The van der Waals surface area contributed by atoms with Crippen LogP contribution in [0.15, 0.2) is 66.7 Å². The van der Waals surface area contributed by atoms with Crippen molar-refractivity contribution in [1.29, 1.82) is 0 Å². The zero-order valence-corrected chi connectivity index (χ0v) is 9.26. The van der Waals surface area contributed by atoms with Crippen molar-refractivity contribution in [3.8, 4) is 11.5 Å². The van der Waals surface area contributed by atoms with Crippen LogP contribution in [0, 0.1) is 6.07 Å². The zero-order valence-electron chi connectivity index (χ0n) is 9.26. The number of rotatable bonds is 2. The number of ether oxygens (including phenoxy) is 1. The Balaban J connectivity index is 1.96. The average Bonchev–Trinajstić information content (AvgIpc) is 2.40. The van der Waals surface area contributed by atoms with Gasteiger partial charge in [-0.25, -0.2) is 0 Å². The van der Waals surface area contributed by atoms with Crippen LogP contribution in [0.1, 0.15) is 0 Å². The van der Waals surface area contributed by atoms with E-state index in [4.69, 9.17) is 4.74 Å². The van der Waals surface area contributed by atoms with Crippen LogP contribution in [0.4, 0.5) is 0 Å². The average molecular weight is 219 g/mol. The molecule has 0 aliphatic heterocycles. The molecule has 0 atom stereocenters. The van der Waals surface area contributed by atoms with Crippen molar-refractivity contribution >= 4 is 10.8 Å². The van der Waals surface area contributed by atoms with Gasteiger partial charge in [-0.1, -0.05) is 42.5 Å². The fraction of sp³-hybridized carbons (Fsp3) is 0. The van der Waals surface area contributed by atoms with E-state index in [0.29, 0.717) is 0 Å². The SMILES string of the molecule is [c]1ccc(Oc2ccc3ccccc3c2)cc1. The second-order valence-corrected chi connectivity index (χ2v) is 3.85. The summed E-state index contributed by atoms with van der Waals surface area (Å²) in [5.41, 5.74) is 0. The summed E-state index contributed by atoms with van der Waals surface area (Å²) in [7, 11) is 0. The molecular weight excluding hydrogens is 208 g/mol. The summed E-state index contributed by atoms with van der Waals surface area (Å²) in [5, 5.41) is 2.41. The van der Waals surface area contributed by atoms with E-state index in [1.54, 1.807) is 0 Å². The Labute approximate surface area is 100 Å². The quantitative estimate of drug-likeness (QED) is 0.619. The zero-order chi connectivity index (χ0) is 11.5. The van der Waals surface area contributed by atoms with E-state index >= 15 is 0 Å². The van der Waals surface area contributed by atoms with Gasteiger partial charge in [-0.2, -0.15) is 0 Å². The highest BCUT2D eigenvalue weighted by Gasteiger charge is 1.98. The van der Waals surface area contributed by atoms with Gasteiger partial charge in [0.05, 0.1) is 0 Å². The smallest absolute Gasteiger partial charge is 0.128 e. The minimum Gasteiger partial charge on any atom is -0.457 e. The van der Waals surface area contributed by atoms with Crippen LogP contribution >= 0.6 is 0 Å². The molecule has 0 aromatic heterocycles. The molecule has 0 N–H and O–H groups in total. The maximum Gasteiger partial charge on any atom is 0.128 e. The molecular formula is C16H11O. The van der Waals surface area contributed by atoms with Gasteiger partial charge < -0.3 is 4.74 Å². The third kappa shape index (κ3) is 2.13. The fourth-order valence-electron chi connectivity index (χ4n) is 1.81. The standard InChI is InChI=1S/C16H11O/c1-2-8-15(9-3-1)17-16-11-10-13-6-4-5-7-14(13)12-16/h2-12H. The first-order valence-corrected chi connectivity index (χ1v) is 5.54. The summed E-state index contributed by atoms with van der Waals surface area (Å²) in [5.74, 6) is 1.69. The van der Waals surface area contributed by atoms with E-state index in [1.165, 1.54) is 10.8 Å². The van der Waals surface area contributed by atoms with Crippen LogP contribution in [0.3, 0.4) is 0 Å². The second-order valence-electron chi connectivity index (χ2n) is 3.85. The molecule has 81 valence electrons. The molecule has 0 saturated heterocycles. The molecule has 3 aromatic rings. The topological polar surface area (TPSA) is 9.23 Å². The molecule has 0 bridgehead atoms. The molecule has 0 aliphatic rings. The van der Waals surface area contributed by atoms with E-state index in [2.05, 4.69) is 24.3 Å². The lowest BCUT2D eigenvalue weighted by Crippen LogP contribution is -1.83. The van der Waals surface area contributed by atoms with Crippen molar-refractivity contribution < 1.29 is 4.74 Å². The summed E-state index contributed by atoms with van der Waals surface area (Å²) in [4.78, 5) is 0. The van der Waals surface area contributed by atoms with Gasteiger partial charge in [0, 0.05) is 0 Å². The second kappa shape index (κ2) is 4.30. The normalized spacial score (nSPS) is 10.4. The number of benzene rings is 3. The fourth-order valence-corrected chi connectivity index (χ4v) is 1.81. The van der Waals surface area contributed by atoms with E-state index in [9.17, 15) is 0 Å². The molecule has 1 radical (unpaired) electrons. The van der Waals surface area contributed by atoms with Crippen molar-refractivity contribution in [1.82, 2.24) is 0 Å². The lowest BCUT2D eigenvalue weighted by atomic mass is 10.1. The first kappa shape index (κ1) is 9.91. The van der Waals surface area contributed by atoms with E-state index in [1.807, 2.05) is 48.5 Å². The van der Waals surface area contributed by atoms with Crippen LogP contribution < -0.4 is 4.74 Å². The number of hydrogen-bond acceptors (Lipinski definition) is 1. The summed E-state index contributed by atoms with van der Waals surface area (Å²) in [6.45, 7) is 0. The molecule has 1 heteroatoms. The Morgan fingerprint density at radius 2 is 1.47 bits per heavy atom. The molecule has 0 amide bonds. The summed E-state index contributed by atoms with van der Waals surface area (Å²) in [6.07, 6.45) is 0. The van der Waals surface area contributed by atoms with Gasteiger partial charge in [-0.15, -0.1) is 0 Å². The largest absolute Gasteiger partial charge is 0.457 e. The Hall–Kier alpha value is -2.28. The first-order chi connectivity index (χ1) is 8.42. The molecule has 0 heterocycles. The molecule has 1 nitrogen and oxygen atoms in total. The third-order valence-electron chi connectivity index (χ3n) is 2.64. The van der Waals surface area contributed by atoms with Crippen molar-refractivity contribution in [2.45, 2.75) is 0 Å². The van der Waals surface area contributed by atoms with Crippen LogP contribution in [0.2, 0.25) is 0 Å². The van der Waals surface area contributed by atoms with E-state index in [-0.39, 0.29) is 0 Å². The Kier molecular flexibility index (Phi) is 2.51. The predicted molar refractivity (Wildman–Crippen MR) is 69.3 cm³/mol. The van der Waals surface area contributed by atoms with Gasteiger partial charge in [0.1, 0.15) is 11.5 Å². The maximum absolute atomic E-state index is 5.77. The lowest BCUT2D eigenvalue weighted by molar-refractivity contribution is 0.483. The predicted octanol–water partition coefficient (Wildman–Crippen LogP) is 4.43. The van der Waals surface area contributed by atoms with Crippen LogP contribution in [0.5, 0.6) is 11.5 Å². The molecule has 0 aliphatic carbocycles. The monoisotopic (exact) mass is 219 g/mol. The first-order valence-electron chi connectivity index (χ1n) is 5.54. The Morgan fingerprint density at radius 1 is 0.706 bits per heavy atom. The molecule has 0 spiro atoms. The lowest BCUT2D eigenvalue weighted by Gasteiger charge is -2.06. The number of hydrogen-bond donors (Lipinski definition) is 0. The molecule has 0 saturated carbocycles. The van der Waals surface area contributed by atoms with Crippen molar-refractivity contribution in [2.75, 3.05) is 0 Å². The molecule has 0 fully saturated rings. The van der Waals surface area contributed by atoms with Crippen LogP contribution in [-0.4, -0.2) is 0 Å². The summed E-state index contributed by atoms with van der Waals surface area (Å²) in [6, 6.07) is 24.8. The maximum atomic E-state index is 5.77. The van der Waals surface area contributed by atoms with E-state index < -0.39 is 0 Å². The van der Waals surface area contributed by atoms with Gasteiger partial charge in [0.2, 0.25) is 0 Å². The van der Waals surface area contributed by atoms with Gasteiger partial charge in [0.25, 0.3) is 0 Å². The van der Waals surface area contributed by atoms with Crippen LogP contribution in [-0.2, 0) is 0 Å². The molecule has 0 unspecified atom stereocenters. The minimum absolute atomic E-state index is 0.832. The van der Waals surface area contributed by atoms with Crippen molar-refractivity contribution in [3.63, 3.8) is 0 Å². The Bertz CT molecular complexity index is 629.